The minimum Gasteiger partial charge on any atom is -0.493 e. The van der Waals surface area contributed by atoms with Crippen LogP contribution >= 0.6 is 11.6 Å². The summed E-state index contributed by atoms with van der Waals surface area (Å²) in [5.74, 6) is 1.02. The normalized spacial score (nSPS) is 14.5. The molecule has 0 aromatic heterocycles. The third-order valence-electron chi connectivity index (χ3n) is 2.18. The molecule has 0 amide bonds. The number of rotatable bonds is 2. The highest BCUT2D eigenvalue weighted by Gasteiger charge is 2.09. The molecule has 0 bridgehead atoms. The van der Waals surface area contributed by atoms with E-state index < -0.39 is 0 Å². The molecule has 0 radical (unpaired) electrons. The molecule has 0 fully saturated rings. The molecule has 2 rings (SSSR count). The molecule has 0 atom stereocenters. The van der Waals surface area contributed by atoms with Gasteiger partial charge in [0, 0.05) is 5.69 Å². The smallest absolute Gasteiger partial charge is 0.122 e. The Morgan fingerprint density at radius 3 is 3.23 bits per heavy atom. The molecule has 2 nitrogen and oxygen atoms in total. The van der Waals surface area contributed by atoms with E-state index in [0.29, 0.717) is 6.00 Å². The molecular weight excluding hydrogens is 186 g/mol. The van der Waals surface area contributed by atoms with E-state index in [1.54, 1.807) is 0 Å². The first-order valence-electron chi connectivity index (χ1n) is 4.46. The van der Waals surface area contributed by atoms with Gasteiger partial charge in [-0.25, -0.2) is 0 Å². The van der Waals surface area contributed by atoms with Crippen LogP contribution in [0, 0.1) is 0 Å². The van der Waals surface area contributed by atoms with Crippen molar-refractivity contribution in [1.29, 1.82) is 0 Å². The summed E-state index contributed by atoms with van der Waals surface area (Å²) in [4.78, 5) is 0. The zero-order chi connectivity index (χ0) is 9.10. The Morgan fingerprint density at radius 1 is 1.46 bits per heavy atom. The number of hydrogen-bond donors (Lipinski definition) is 1. The lowest BCUT2D eigenvalue weighted by Gasteiger charge is -2.17. The Balaban J connectivity index is 2.24. The summed E-state index contributed by atoms with van der Waals surface area (Å²) < 4.78 is 5.50. The van der Waals surface area contributed by atoms with Crippen molar-refractivity contribution in [2.24, 2.45) is 0 Å². The zero-order valence-electron chi connectivity index (χ0n) is 7.35. The first-order valence-corrected chi connectivity index (χ1v) is 4.99. The van der Waals surface area contributed by atoms with E-state index in [-0.39, 0.29) is 0 Å². The van der Waals surface area contributed by atoms with Crippen LogP contribution in [0.1, 0.15) is 12.0 Å². The second kappa shape index (κ2) is 3.88. The zero-order valence-corrected chi connectivity index (χ0v) is 8.10. The van der Waals surface area contributed by atoms with E-state index in [1.165, 1.54) is 5.56 Å². The largest absolute Gasteiger partial charge is 0.493 e. The van der Waals surface area contributed by atoms with Crippen molar-refractivity contribution in [2.75, 3.05) is 17.9 Å². The van der Waals surface area contributed by atoms with Crippen molar-refractivity contribution >= 4 is 17.3 Å². The van der Waals surface area contributed by atoms with Crippen LogP contribution in [-0.2, 0) is 6.42 Å². The van der Waals surface area contributed by atoms with Crippen LogP contribution in [0.2, 0.25) is 0 Å². The topological polar surface area (TPSA) is 21.3 Å². The highest BCUT2D eigenvalue weighted by atomic mass is 35.5. The summed E-state index contributed by atoms with van der Waals surface area (Å²) in [6, 6.07) is 6.55. The number of anilines is 1. The molecule has 0 saturated heterocycles. The highest BCUT2D eigenvalue weighted by Crippen LogP contribution is 2.27. The van der Waals surface area contributed by atoms with Crippen LogP contribution in [0.5, 0.6) is 5.75 Å². The molecule has 1 heterocycles. The summed E-state index contributed by atoms with van der Waals surface area (Å²) in [5.41, 5.74) is 2.35. The number of alkyl halides is 1. The highest BCUT2D eigenvalue weighted by molar-refractivity contribution is 6.18. The second-order valence-corrected chi connectivity index (χ2v) is 3.35. The lowest BCUT2D eigenvalue weighted by Crippen LogP contribution is -2.08. The van der Waals surface area contributed by atoms with Gasteiger partial charge in [-0.05, 0) is 36.6 Å². The molecule has 0 saturated carbocycles. The Labute approximate surface area is 82.9 Å². The van der Waals surface area contributed by atoms with E-state index in [2.05, 4.69) is 11.4 Å². The first-order chi connectivity index (χ1) is 6.40. The van der Waals surface area contributed by atoms with Crippen molar-refractivity contribution in [3.8, 4) is 5.75 Å². The van der Waals surface area contributed by atoms with Crippen molar-refractivity contribution in [3.63, 3.8) is 0 Å². The molecule has 0 spiro atoms. The van der Waals surface area contributed by atoms with Crippen LogP contribution in [0.3, 0.4) is 0 Å². The van der Waals surface area contributed by atoms with Crippen molar-refractivity contribution < 1.29 is 4.74 Å². The van der Waals surface area contributed by atoms with Gasteiger partial charge in [0.15, 0.2) is 0 Å². The minimum atomic E-state index is 0.444. The Morgan fingerprint density at radius 2 is 2.38 bits per heavy atom. The van der Waals surface area contributed by atoms with Crippen LogP contribution in [0.4, 0.5) is 5.69 Å². The minimum absolute atomic E-state index is 0.444. The number of fused-ring (bicyclic) bond motifs is 1. The SMILES string of the molecule is ClCNc1ccc2c(c1)CCCO2. The quantitative estimate of drug-likeness (QED) is 0.582. The second-order valence-electron chi connectivity index (χ2n) is 3.08. The summed E-state index contributed by atoms with van der Waals surface area (Å²) in [5, 5.41) is 3.07. The van der Waals surface area contributed by atoms with Gasteiger partial charge in [0.25, 0.3) is 0 Å². The molecule has 70 valence electrons. The third kappa shape index (κ3) is 1.89. The van der Waals surface area contributed by atoms with E-state index in [0.717, 1.165) is 30.9 Å². The van der Waals surface area contributed by atoms with Gasteiger partial charge in [0.05, 0.1) is 12.6 Å². The van der Waals surface area contributed by atoms with Gasteiger partial charge in [-0.15, -0.1) is 11.6 Å². The van der Waals surface area contributed by atoms with E-state index in [9.17, 15) is 0 Å². The average molecular weight is 198 g/mol. The van der Waals surface area contributed by atoms with Gasteiger partial charge in [-0.2, -0.15) is 0 Å². The van der Waals surface area contributed by atoms with Crippen LogP contribution < -0.4 is 10.1 Å². The molecule has 1 aromatic carbocycles. The van der Waals surface area contributed by atoms with Gasteiger partial charge < -0.3 is 10.1 Å². The maximum Gasteiger partial charge on any atom is 0.122 e. The molecule has 1 N–H and O–H groups in total. The van der Waals surface area contributed by atoms with Gasteiger partial charge in [-0.3, -0.25) is 0 Å². The maximum absolute atomic E-state index is 5.58. The van der Waals surface area contributed by atoms with Crippen molar-refractivity contribution in [2.45, 2.75) is 12.8 Å². The predicted molar refractivity (Wildman–Crippen MR) is 54.6 cm³/mol. The Hall–Kier alpha value is -0.890. The molecule has 3 heteroatoms. The van der Waals surface area contributed by atoms with E-state index >= 15 is 0 Å². The summed E-state index contributed by atoms with van der Waals surface area (Å²) in [7, 11) is 0. The number of aryl methyl sites for hydroxylation is 1. The van der Waals surface area contributed by atoms with E-state index in [1.807, 2.05) is 12.1 Å². The number of nitrogens with one attached hydrogen (secondary N) is 1. The lowest BCUT2D eigenvalue weighted by molar-refractivity contribution is 0.288. The maximum atomic E-state index is 5.58. The molecular formula is C10H12ClNO. The standard InChI is InChI=1S/C10H12ClNO/c11-7-12-9-3-4-10-8(6-9)2-1-5-13-10/h3-4,6,12H,1-2,5,7H2. The third-order valence-corrected chi connectivity index (χ3v) is 2.31. The van der Waals surface area contributed by atoms with Crippen molar-refractivity contribution in [1.82, 2.24) is 0 Å². The van der Waals surface area contributed by atoms with Gasteiger partial charge in [0.2, 0.25) is 0 Å². The summed E-state index contributed by atoms with van der Waals surface area (Å²) >= 11 is 5.58. The number of hydrogen-bond acceptors (Lipinski definition) is 2. The van der Waals surface area contributed by atoms with Crippen LogP contribution in [0.15, 0.2) is 18.2 Å². The summed E-state index contributed by atoms with van der Waals surface area (Å²) in [6.45, 7) is 0.843. The van der Waals surface area contributed by atoms with E-state index in [4.69, 9.17) is 16.3 Å². The molecule has 13 heavy (non-hydrogen) atoms. The lowest BCUT2D eigenvalue weighted by atomic mass is 10.1. The summed E-state index contributed by atoms with van der Waals surface area (Å²) in [6.07, 6.45) is 2.21. The number of benzene rings is 1. The van der Waals surface area contributed by atoms with Crippen LogP contribution in [-0.4, -0.2) is 12.6 Å². The van der Waals surface area contributed by atoms with Crippen LogP contribution in [0.25, 0.3) is 0 Å². The first kappa shape index (κ1) is 8.70. The molecule has 1 aliphatic heterocycles. The average Bonchev–Trinajstić information content (AvgIpc) is 2.18. The molecule has 0 aliphatic carbocycles. The molecule has 0 unspecified atom stereocenters. The fourth-order valence-electron chi connectivity index (χ4n) is 1.55. The Kier molecular flexibility index (Phi) is 2.60. The number of ether oxygens (including phenoxy) is 1. The number of halogens is 1. The monoisotopic (exact) mass is 197 g/mol. The fraction of sp³-hybridized carbons (Fsp3) is 0.400. The van der Waals surface area contributed by atoms with Gasteiger partial charge in [0.1, 0.15) is 5.75 Å². The Bertz CT molecular complexity index is 301. The predicted octanol–water partition coefficient (Wildman–Crippen LogP) is 2.62. The molecule has 1 aliphatic rings. The fourth-order valence-corrected chi connectivity index (χ4v) is 1.70. The van der Waals surface area contributed by atoms with Crippen molar-refractivity contribution in [3.05, 3.63) is 23.8 Å². The van der Waals surface area contributed by atoms with Gasteiger partial charge >= 0.3 is 0 Å². The van der Waals surface area contributed by atoms with Gasteiger partial charge in [-0.1, -0.05) is 0 Å². The molecule has 1 aromatic rings.